The third-order valence-corrected chi connectivity index (χ3v) is 15.4. The van der Waals surface area contributed by atoms with Gasteiger partial charge in [0, 0.05) is 22.5 Å². The topological polar surface area (TPSA) is 37.2 Å². The zero-order chi connectivity index (χ0) is 49.8. The standard InChI is InChI=1S/C70H49N5/c1-6-24-51(25-7-1)68-71-67(50-42-44-56(45-43-50)73-63-38-20-16-34-59(63)69(52-26-8-2-9-27-52,53-28-10-3-11-29-53)60-35-17-21-39-64(60)73)72-75(68)58-48-46-57(47-49-58)74-65-40-22-18-36-61(65)70(54-30-12-4-13-31-54,55-32-14-5-15-33-55)62-37-19-23-41-66(62)74/h1-49H. The van der Waals surface area contributed by atoms with Crippen molar-refractivity contribution in [3.63, 3.8) is 0 Å². The molecule has 12 aromatic rings. The van der Waals surface area contributed by atoms with E-state index in [1.54, 1.807) is 0 Å². The lowest BCUT2D eigenvalue weighted by Gasteiger charge is -2.46. The van der Waals surface area contributed by atoms with E-state index in [-0.39, 0.29) is 0 Å². The van der Waals surface area contributed by atoms with Crippen LogP contribution in [0.2, 0.25) is 0 Å². The van der Waals surface area contributed by atoms with E-state index in [2.05, 4.69) is 301 Å². The summed E-state index contributed by atoms with van der Waals surface area (Å²) in [4.78, 5) is 10.1. The van der Waals surface area contributed by atoms with E-state index >= 15 is 0 Å². The van der Waals surface area contributed by atoms with Crippen molar-refractivity contribution < 1.29 is 0 Å². The van der Waals surface area contributed by atoms with Crippen LogP contribution < -0.4 is 9.80 Å². The van der Waals surface area contributed by atoms with Crippen LogP contribution in [0.5, 0.6) is 0 Å². The minimum Gasteiger partial charge on any atom is -0.310 e. The molecule has 0 atom stereocenters. The van der Waals surface area contributed by atoms with E-state index in [1.807, 2.05) is 10.7 Å². The Morgan fingerprint density at radius 1 is 0.253 bits per heavy atom. The summed E-state index contributed by atoms with van der Waals surface area (Å²) in [6.45, 7) is 0. The maximum Gasteiger partial charge on any atom is 0.182 e. The van der Waals surface area contributed by atoms with Gasteiger partial charge in [0.1, 0.15) is 0 Å². The van der Waals surface area contributed by atoms with E-state index < -0.39 is 10.8 Å². The molecule has 5 nitrogen and oxygen atoms in total. The Kier molecular flexibility index (Phi) is 10.6. The number of fused-ring (bicyclic) bond motifs is 4. The molecule has 0 fully saturated rings. The second kappa shape index (κ2) is 18.0. The van der Waals surface area contributed by atoms with Crippen LogP contribution >= 0.6 is 0 Å². The Morgan fingerprint density at radius 3 is 0.907 bits per heavy atom. The summed E-state index contributed by atoms with van der Waals surface area (Å²) < 4.78 is 1.99. The predicted octanol–water partition coefficient (Wildman–Crippen LogP) is 16.9. The number of hydrogen-bond acceptors (Lipinski definition) is 4. The van der Waals surface area contributed by atoms with Crippen molar-refractivity contribution >= 4 is 34.1 Å². The Labute approximate surface area is 437 Å². The molecule has 0 amide bonds. The van der Waals surface area contributed by atoms with Gasteiger partial charge in [0.05, 0.1) is 39.3 Å². The minimum absolute atomic E-state index is 0.533. The van der Waals surface area contributed by atoms with Crippen LogP contribution in [-0.4, -0.2) is 14.8 Å². The highest BCUT2D eigenvalue weighted by molar-refractivity contribution is 5.91. The van der Waals surface area contributed by atoms with E-state index in [0.29, 0.717) is 5.82 Å². The maximum absolute atomic E-state index is 5.31. The van der Waals surface area contributed by atoms with Crippen molar-refractivity contribution in [2.24, 2.45) is 0 Å². The molecule has 354 valence electrons. The van der Waals surface area contributed by atoms with Crippen LogP contribution in [0.25, 0.3) is 28.5 Å². The van der Waals surface area contributed by atoms with Gasteiger partial charge in [-0.25, -0.2) is 9.67 Å². The summed E-state index contributed by atoms with van der Waals surface area (Å²) in [7, 11) is 0. The number of hydrogen-bond donors (Lipinski definition) is 0. The molecular formula is C70H49N5. The zero-order valence-electron chi connectivity index (χ0n) is 41.0. The first-order chi connectivity index (χ1) is 37.2. The molecule has 2 aliphatic rings. The number of aromatic nitrogens is 3. The summed E-state index contributed by atoms with van der Waals surface area (Å²) in [6.07, 6.45) is 0. The molecule has 75 heavy (non-hydrogen) atoms. The van der Waals surface area contributed by atoms with Gasteiger partial charge in [0.25, 0.3) is 0 Å². The Hall–Kier alpha value is -9.84. The highest BCUT2D eigenvalue weighted by Gasteiger charge is 2.48. The summed E-state index contributed by atoms with van der Waals surface area (Å²) in [6, 6.07) is 107. The molecular weight excluding hydrogens is 911 g/mol. The van der Waals surface area contributed by atoms with Crippen LogP contribution in [0.15, 0.2) is 297 Å². The van der Waals surface area contributed by atoms with E-state index in [9.17, 15) is 0 Å². The quantitative estimate of drug-likeness (QED) is 0.144. The maximum atomic E-state index is 5.31. The predicted molar refractivity (Wildman–Crippen MR) is 305 cm³/mol. The highest BCUT2D eigenvalue weighted by atomic mass is 15.4. The Balaban J connectivity index is 0.852. The molecule has 5 heteroatoms. The SMILES string of the molecule is c1ccc(-c2nc(-c3ccc(N4c5ccccc5C(c5ccccc5)(c5ccccc5)c5ccccc54)cc3)nn2-c2ccc(N3c4ccccc4C(c4ccccc4)(c4ccccc4)c4ccccc43)cc2)cc1. The van der Waals surface area contributed by atoms with Gasteiger partial charge in [-0.15, -0.1) is 5.10 Å². The summed E-state index contributed by atoms with van der Waals surface area (Å²) in [5.41, 5.74) is 18.2. The van der Waals surface area contributed by atoms with E-state index in [4.69, 9.17) is 10.1 Å². The second-order valence-electron chi connectivity index (χ2n) is 19.3. The summed E-state index contributed by atoms with van der Waals surface area (Å²) >= 11 is 0. The molecule has 1 aromatic heterocycles. The van der Waals surface area contributed by atoms with Gasteiger partial charge in [0.2, 0.25) is 0 Å². The molecule has 0 bridgehead atoms. The van der Waals surface area contributed by atoms with Gasteiger partial charge in [-0.1, -0.05) is 224 Å². The Morgan fingerprint density at radius 2 is 0.547 bits per heavy atom. The van der Waals surface area contributed by atoms with Crippen molar-refractivity contribution in [1.82, 2.24) is 14.8 Å². The van der Waals surface area contributed by atoms with Crippen LogP contribution in [0, 0.1) is 0 Å². The number of para-hydroxylation sites is 4. The Bertz CT molecular complexity index is 3810. The van der Waals surface area contributed by atoms with Gasteiger partial charge in [-0.05, 0) is 117 Å². The lowest BCUT2D eigenvalue weighted by Crippen LogP contribution is -2.37. The smallest absolute Gasteiger partial charge is 0.182 e. The lowest BCUT2D eigenvalue weighted by molar-refractivity contribution is 0.731. The lowest BCUT2D eigenvalue weighted by atomic mass is 9.62. The normalized spacial score (nSPS) is 13.8. The van der Waals surface area contributed by atoms with E-state index in [0.717, 1.165) is 56.8 Å². The number of nitrogens with zero attached hydrogens (tertiary/aromatic N) is 5. The first kappa shape index (κ1) is 43.9. The third-order valence-electron chi connectivity index (χ3n) is 15.4. The molecule has 14 rings (SSSR count). The molecule has 0 saturated carbocycles. The van der Waals surface area contributed by atoms with Crippen molar-refractivity contribution in [3.05, 3.63) is 342 Å². The van der Waals surface area contributed by atoms with Crippen LogP contribution in [0.4, 0.5) is 34.1 Å². The molecule has 11 aromatic carbocycles. The molecule has 0 saturated heterocycles. The van der Waals surface area contributed by atoms with Crippen molar-refractivity contribution in [2.45, 2.75) is 10.8 Å². The number of benzene rings is 11. The van der Waals surface area contributed by atoms with Crippen molar-refractivity contribution in [2.75, 3.05) is 9.80 Å². The van der Waals surface area contributed by atoms with Gasteiger partial charge in [0.15, 0.2) is 11.6 Å². The molecule has 0 aliphatic carbocycles. The third kappa shape index (κ3) is 6.86. The van der Waals surface area contributed by atoms with Gasteiger partial charge >= 0.3 is 0 Å². The minimum atomic E-state index is -0.536. The molecule has 2 aliphatic heterocycles. The fraction of sp³-hybridized carbons (Fsp3) is 0.0286. The highest BCUT2D eigenvalue weighted by Crippen LogP contribution is 2.59. The fourth-order valence-corrected chi connectivity index (χ4v) is 12.3. The molecule has 0 N–H and O–H groups in total. The fourth-order valence-electron chi connectivity index (χ4n) is 12.3. The second-order valence-corrected chi connectivity index (χ2v) is 19.3. The van der Waals surface area contributed by atoms with Gasteiger partial charge in [-0.3, -0.25) is 0 Å². The van der Waals surface area contributed by atoms with Gasteiger partial charge in [-0.2, -0.15) is 0 Å². The first-order valence-corrected chi connectivity index (χ1v) is 25.7. The van der Waals surface area contributed by atoms with Crippen molar-refractivity contribution in [1.29, 1.82) is 0 Å². The zero-order valence-corrected chi connectivity index (χ0v) is 41.0. The van der Waals surface area contributed by atoms with Gasteiger partial charge < -0.3 is 9.80 Å². The molecule has 0 radical (unpaired) electrons. The average Bonchev–Trinajstić information content (AvgIpc) is 3.96. The summed E-state index contributed by atoms with van der Waals surface area (Å²) in [5, 5.41) is 5.31. The van der Waals surface area contributed by atoms with E-state index in [1.165, 1.54) is 44.5 Å². The van der Waals surface area contributed by atoms with Crippen LogP contribution in [0.3, 0.4) is 0 Å². The number of rotatable bonds is 9. The molecule has 3 heterocycles. The first-order valence-electron chi connectivity index (χ1n) is 25.7. The summed E-state index contributed by atoms with van der Waals surface area (Å²) in [5.74, 6) is 1.41. The molecule has 0 spiro atoms. The number of anilines is 6. The monoisotopic (exact) mass is 959 g/mol. The van der Waals surface area contributed by atoms with Crippen LogP contribution in [0.1, 0.15) is 44.5 Å². The van der Waals surface area contributed by atoms with Crippen molar-refractivity contribution in [3.8, 4) is 28.5 Å². The van der Waals surface area contributed by atoms with Crippen LogP contribution in [-0.2, 0) is 10.8 Å². The average molecular weight is 960 g/mol. The molecule has 0 unspecified atom stereocenters. The largest absolute Gasteiger partial charge is 0.310 e.